The first-order chi connectivity index (χ1) is 11.1. The molecule has 1 aromatic heterocycles. The van der Waals surface area contributed by atoms with Gasteiger partial charge in [-0.1, -0.05) is 15.9 Å². The van der Waals surface area contributed by atoms with Gasteiger partial charge in [0.05, 0.1) is 6.26 Å². The number of hydrogen-bond donors (Lipinski definition) is 3. The minimum absolute atomic E-state index is 0.0285. The molecule has 3 N–H and O–H groups in total. The lowest BCUT2D eigenvalue weighted by molar-refractivity contribution is -0.121. The second-order valence-corrected chi connectivity index (χ2v) is 5.41. The zero-order valence-corrected chi connectivity index (χ0v) is 13.6. The van der Waals surface area contributed by atoms with Crippen LogP contribution in [-0.2, 0) is 4.79 Å². The third-order valence-corrected chi connectivity index (χ3v) is 3.33. The molecule has 0 radical (unpaired) electrons. The predicted molar refractivity (Wildman–Crippen MR) is 85.4 cm³/mol. The second-order valence-electron chi connectivity index (χ2n) is 4.49. The molecule has 3 amide bonds. The maximum absolute atomic E-state index is 11.8. The standard InChI is InChI=1S/C15H14BrN3O4/c16-11-5-3-10(4-6-11)14(21)17-8-7-13(20)18-19-15(22)12-2-1-9-23-12/h1-6,9H,7-8H2,(H,17,21)(H,18,20)(H,19,22). The smallest absolute Gasteiger partial charge is 0.305 e. The number of rotatable bonds is 5. The van der Waals surface area contributed by atoms with Gasteiger partial charge in [-0.05, 0) is 36.4 Å². The fraction of sp³-hybridized carbons (Fsp3) is 0.133. The molecule has 23 heavy (non-hydrogen) atoms. The van der Waals surface area contributed by atoms with Crippen LogP contribution in [0.15, 0.2) is 51.6 Å². The van der Waals surface area contributed by atoms with Gasteiger partial charge in [0, 0.05) is 23.0 Å². The molecule has 120 valence electrons. The predicted octanol–water partition coefficient (Wildman–Crippen LogP) is 1.62. The Morgan fingerprint density at radius 1 is 1.00 bits per heavy atom. The van der Waals surface area contributed by atoms with E-state index < -0.39 is 11.8 Å². The number of benzene rings is 1. The molecule has 0 unspecified atom stereocenters. The highest BCUT2D eigenvalue weighted by Gasteiger charge is 2.10. The van der Waals surface area contributed by atoms with Crippen molar-refractivity contribution in [1.82, 2.24) is 16.2 Å². The van der Waals surface area contributed by atoms with Gasteiger partial charge in [0.2, 0.25) is 5.91 Å². The second kappa shape index (κ2) is 8.14. The summed E-state index contributed by atoms with van der Waals surface area (Å²) in [7, 11) is 0. The van der Waals surface area contributed by atoms with E-state index >= 15 is 0 Å². The molecule has 0 saturated heterocycles. The first kappa shape index (κ1) is 16.8. The monoisotopic (exact) mass is 379 g/mol. The average molecular weight is 380 g/mol. The van der Waals surface area contributed by atoms with Gasteiger partial charge >= 0.3 is 5.91 Å². The maximum atomic E-state index is 11.8. The van der Waals surface area contributed by atoms with Crippen molar-refractivity contribution in [2.75, 3.05) is 6.54 Å². The highest BCUT2D eigenvalue weighted by molar-refractivity contribution is 9.10. The van der Waals surface area contributed by atoms with Crippen LogP contribution in [0.1, 0.15) is 27.3 Å². The van der Waals surface area contributed by atoms with Gasteiger partial charge in [0.1, 0.15) is 0 Å². The fourth-order valence-electron chi connectivity index (χ4n) is 1.65. The molecule has 2 aromatic rings. The highest BCUT2D eigenvalue weighted by Crippen LogP contribution is 2.10. The van der Waals surface area contributed by atoms with Crippen LogP contribution in [0.4, 0.5) is 0 Å². The number of carbonyl (C=O) groups is 3. The Morgan fingerprint density at radius 3 is 2.39 bits per heavy atom. The van der Waals surface area contributed by atoms with Crippen LogP contribution >= 0.6 is 15.9 Å². The molecular weight excluding hydrogens is 366 g/mol. The number of amides is 3. The Hall–Kier alpha value is -2.61. The average Bonchev–Trinajstić information content (AvgIpc) is 3.07. The Bertz CT molecular complexity index is 683. The topological polar surface area (TPSA) is 100 Å². The quantitative estimate of drug-likeness (QED) is 0.687. The van der Waals surface area contributed by atoms with Crippen LogP contribution in [0.3, 0.4) is 0 Å². The highest BCUT2D eigenvalue weighted by atomic mass is 79.9. The normalized spacial score (nSPS) is 9.96. The number of nitrogens with one attached hydrogen (secondary N) is 3. The SMILES string of the molecule is O=C(CCNC(=O)c1ccc(Br)cc1)NNC(=O)c1ccco1. The summed E-state index contributed by atoms with van der Waals surface area (Å²) in [6.45, 7) is 0.150. The van der Waals surface area contributed by atoms with Gasteiger partial charge in [-0.2, -0.15) is 0 Å². The van der Waals surface area contributed by atoms with Crippen LogP contribution < -0.4 is 16.2 Å². The van der Waals surface area contributed by atoms with E-state index in [-0.39, 0.29) is 24.6 Å². The largest absolute Gasteiger partial charge is 0.459 e. The Balaban J connectivity index is 1.67. The molecule has 7 nitrogen and oxygen atoms in total. The van der Waals surface area contributed by atoms with E-state index in [0.29, 0.717) is 5.56 Å². The summed E-state index contributed by atoms with van der Waals surface area (Å²) in [4.78, 5) is 34.9. The summed E-state index contributed by atoms with van der Waals surface area (Å²) in [6, 6.07) is 9.89. The van der Waals surface area contributed by atoms with E-state index in [0.717, 1.165) is 4.47 Å². The van der Waals surface area contributed by atoms with Crippen LogP contribution in [0.25, 0.3) is 0 Å². The van der Waals surface area contributed by atoms with E-state index in [9.17, 15) is 14.4 Å². The van der Waals surface area contributed by atoms with Gasteiger partial charge in [-0.15, -0.1) is 0 Å². The van der Waals surface area contributed by atoms with Crippen molar-refractivity contribution >= 4 is 33.7 Å². The summed E-state index contributed by atoms with van der Waals surface area (Å²) in [5.74, 6) is -1.16. The molecule has 0 saturated carbocycles. The van der Waals surface area contributed by atoms with Crippen molar-refractivity contribution in [2.24, 2.45) is 0 Å². The lowest BCUT2D eigenvalue weighted by atomic mass is 10.2. The lowest BCUT2D eigenvalue weighted by Crippen LogP contribution is -2.42. The third-order valence-electron chi connectivity index (χ3n) is 2.80. The molecular formula is C15H14BrN3O4. The molecule has 0 spiro atoms. The van der Waals surface area contributed by atoms with E-state index in [4.69, 9.17) is 4.42 Å². The van der Waals surface area contributed by atoms with Crippen molar-refractivity contribution in [2.45, 2.75) is 6.42 Å². The molecule has 0 aliphatic rings. The summed E-state index contributed by atoms with van der Waals surface area (Å²) < 4.78 is 5.75. The van der Waals surface area contributed by atoms with Crippen molar-refractivity contribution < 1.29 is 18.8 Å². The lowest BCUT2D eigenvalue weighted by Gasteiger charge is -2.07. The molecule has 0 aliphatic heterocycles. The minimum atomic E-state index is -0.553. The number of furan rings is 1. The third kappa shape index (κ3) is 5.26. The van der Waals surface area contributed by atoms with E-state index in [2.05, 4.69) is 32.1 Å². The van der Waals surface area contributed by atoms with Gasteiger partial charge < -0.3 is 9.73 Å². The maximum Gasteiger partial charge on any atom is 0.305 e. The minimum Gasteiger partial charge on any atom is -0.459 e. The molecule has 2 rings (SSSR count). The summed E-state index contributed by atoms with van der Waals surface area (Å²) in [5.41, 5.74) is 4.95. The molecule has 0 atom stereocenters. The first-order valence-electron chi connectivity index (χ1n) is 6.72. The molecule has 0 fully saturated rings. The molecule has 8 heteroatoms. The van der Waals surface area contributed by atoms with Gasteiger partial charge in [-0.3, -0.25) is 25.2 Å². The van der Waals surface area contributed by atoms with Crippen molar-refractivity contribution in [3.63, 3.8) is 0 Å². The van der Waals surface area contributed by atoms with Gasteiger partial charge in [0.25, 0.3) is 5.91 Å². The summed E-state index contributed by atoms with van der Waals surface area (Å²) in [5, 5.41) is 2.62. The van der Waals surface area contributed by atoms with Gasteiger partial charge in [0.15, 0.2) is 5.76 Å². The zero-order chi connectivity index (χ0) is 16.7. The summed E-state index contributed by atoms with van der Waals surface area (Å²) >= 11 is 3.28. The van der Waals surface area contributed by atoms with Crippen LogP contribution in [0, 0.1) is 0 Å². The van der Waals surface area contributed by atoms with Crippen LogP contribution in [-0.4, -0.2) is 24.3 Å². The van der Waals surface area contributed by atoms with Crippen molar-refractivity contribution in [3.05, 3.63) is 58.5 Å². The Morgan fingerprint density at radius 2 is 1.74 bits per heavy atom. The van der Waals surface area contributed by atoms with Crippen molar-refractivity contribution in [1.29, 1.82) is 0 Å². The number of hydrazine groups is 1. The fourth-order valence-corrected chi connectivity index (χ4v) is 1.92. The molecule has 0 aliphatic carbocycles. The summed E-state index contributed by atoms with van der Waals surface area (Å²) in [6.07, 6.45) is 1.38. The Labute approximate surface area is 140 Å². The number of carbonyl (C=O) groups excluding carboxylic acids is 3. The molecule has 1 heterocycles. The Kier molecular flexibility index (Phi) is 5.93. The molecule has 0 bridgehead atoms. The van der Waals surface area contributed by atoms with Crippen molar-refractivity contribution in [3.8, 4) is 0 Å². The van der Waals surface area contributed by atoms with E-state index in [1.54, 1.807) is 30.3 Å². The van der Waals surface area contributed by atoms with Crippen LogP contribution in [0.2, 0.25) is 0 Å². The van der Waals surface area contributed by atoms with Gasteiger partial charge in [-0.25, -0.2) is 0 Å². The zero-order valence-electron chi connectivity index (χ0n) is 12.0. The van der Waals surface area contributed by atoms with E-state index in [1.165, 1.54) is 12.3 Å². The first-order valence-corrected chi connectivity index (χ1v) is 7.52. The number of hydrogen-bond acceptors (Lipinski definition) is 4. The van der Waals surface area contributed by atoms with Crippen LogP contribution in [0.5, 0.6) is 0 Å². The molecule has 1 aromatic carbocycles. The number of halogens is 1. The van der Waals surface area contributed by atoms with E-state index in [1.807, 2.05) is 0 Å².